The van der Waals surface area contributed by atoms with Gasteiger partial charge in [-0.3, -0.25) is 4.79 Å². The molecule has 7 heteroatoms. The largest absolute Gasteiger partial charge is 0.438 e. The smallest absolute Gasteiger partial charge is 0.262 e. The van der Waals surface area contributed by atoms with E-state index in [0.29, 0.717) is 16.8 Å². The van der Waals surface area contributed by atoms with Crippen molar-refractivity contribution in [2.45, 2.75) is 6.92 Å². The summed E-state index contributed by atoms with van der Waals surface area (Å²) in [5.74, 6) is -1.73. The van der Waals surface area contributed by atoms with Crippen LogP contribution in [0.4, 0.5) is 20.3 Å². The van der Waals surface area contributed by atoms with Gasteiger partial charge in [-0.05, 0) is 43.3 Å². The number of fused-ring (bicyclic) bond motifs is 1. The number of aryl methyl sites for hydroxylation is 1. The van der Waals surface area contributed by atoms with E-state index < -0.39 is 17.5 Å². The van der Waals surface area contributed by atoms with Crippen molar-refractivity contribution in [2.75, 3.05) is 5.32 Å². The predicted molar refractivity (Wildman–Crippen MR) is 105 cm³/mol. The summed E-state index contributed by atoms with van der Waals surface area (Å²) < 4.78 is 33.0. The maximum atomic E-state index is 14.1. The molecule has 4 rings (SSSR count). The normalized spacial score (nSPS) is 11.6. The number of aromatic nitrogens is 1. The molecule has 1 amide bonds. The Kier molecular flexibility index (Phi) is 4.87. The van der Waals surface area contributed by atoms with E-state index in [0.717, 1.165) is 17.8 Å². The van der Waals surface area contributed by atoms with E-state index in [9.17, 15) is 13.6 Å². The fraction of sp³-hybridized carbons (Fsp3) is 0.0455. The second-order valence-electron chi connectivity index (χ2n) is 6.33. The van der Waals surface area contributed by atoms with E-state index >= 15 is 0 Å². The van der Waals surface area contributed by atoms with Crippen LogP contribution in [0.15, 0.2) is 76.1 Å². The molecule has 4 aromatic rings. The highest BCUT2D eigenvalue weighted by Crippen LogP contribution is 2.19. The summed E-state index contributed by atoms with van der Waals surface area (Å²) in [6.45, 7) is 1.80. The Morgan fingerprint density at radius 2 is 1.86 bits per heavy atom. The highest BCUT2D eigenvalue weighted by atomic mass is 19.1. The molecule has 0 aliphatic rings. The molecular weight excluding hydrogens is 376 g/mol. The molecule has 144 valence electrons. The first kappa shape index (κ1) is 18.5. The Labute approximate surface area is 164 Å². The first-order valence-electron chi connectivity index (χ1n) is 8.77. The first-order chi connectivity index (χ1) is 14.0. The van der Waals surface area contributed by atoms with Gasteiger partial charge < -0.3 is 9.73 Å². The second-order valence-corrected chi connectivity index (χ2v) is 6.33. The topological polar surface area (TPSA) is 67.5 Å². The summed E-state index contributed by atoms with van der Waals surface area (Å²) in [7, 11) is 0. The van der Waals surface area contributed by atoms with Crippen molar-refractivity contribution in [3.05, 3.63) is 95.2 Å². The Morgan fingerprint density at radius 3 is 2.66 bits per heavy atom. The predicted octanol–water partition coefficient (Wildman–Crippen LogP) is 4.90. The lowest BCUT2D eigenvalue weighted by Crippen LogP contribution is -2.22. The number of hydrogen-bond acceptors (Lipinski definition) is 4. The van der Waals surface area contributed by atoms with Crippen molar-refractivity contribution >= 4 is 28.4 Å². The van der Waals surface area contributed by atoms with Crippen LogP contribution in [0.1, 0.15) is 16.1 Å². The van der Waals surface area contributed by atoms with Crippen molar-refractivity contribution in [1.29, 1.82) is 0 Å². The number of benzene rings is 2. The number of carbonyl (C=O) groups excluding carboxylic acids is 1. The van der Waals surface area contributed by atoms with E-state index in [1.807, 2.05) is 0 Å². The minimum Gasteiger partial charge on any atom is -0.438 e. The zero-order valence-electron chi connectivity index (χ0n) is 15.3. The maximum absolute atomic E-state index is 14.1. The molecule has 29 heavy (non-hydrogen) atoms. The minimum absolute atomic E-state index is 0.0933. The number of amides is 1. The summed E-state index contributed by atoms with van der Waals surface area (Å²) >= 11 is 0. The van der Waals surface area contributed by atoms with Gasteiger partial charge in [-0.2, -0.15) is 0 Å². The van der Waals surface area contributed by atoms with Crippen molar-refractivity contribution in [3.63, 3.8) is 0 Å². The summed E-state index contributed by atoms with van der Waals surface area (Å²) in [5.41, 5.74) is 1.06. The lowest BCUT2D eigenvalue weighted by molar-refractivity contribution is 0.102. The molecule has 0 radical (unpaired) electrons. The molecule has 0 unspecified atom stereocenters. The number of pyridine rings is 1. The van der Waals surface area contributed by atoms with Crippen LogP contribution in [0.25, 0.3) is 11.0 Å². The Morgan fingerprint density at radius 1 is 1.03 bits per heavy atom. The lowest BCUT2D eigenvalue weighted by atomic mass is 10.1. The van der Waals surface area contributed by atoms with Crippen molar-refractivity contribution in [1.82, 2.24) is 4.98 Å². The lowest BCUT2D eigenvalue weighted by Gasteiger charge is -2.07. The van der Waals surface area contributed by atoms with Gasteiger partial charge in [0.25, 0.3) is 5.91 Å². The first-order valence-corrected chi connectivity index (χ1v) is 8.77. The fourth-order valence-corrected chi connectivity index (χ4v) is 2.79. The molecule has 0 bridgehead atoms. The number of carbonyl (C=O) groups is 1. The van der Waals surface area contributed by atoms with Gasteiger partial charge in [0, 0.05) is 17.1 Å². The maximum Gasteiger partial charge on any atom is 0.262 e. The number of halogens is 2. The molecule has 0 saturated carbocycles. The zero-order chi connectivity index (χ0) is 20.4. The number of nitrogens with one attached hydrogen (secondary N) is 1. The standard InChI is InChI=1S/C22H15F2N3O2/c1-13-5-4-8-20(25-13)27-21(28)16-11-14-6-2-3-7-19(14)29-22(16)26-18-10-9-15(23)12-17(18)24/h2-12H,1H3,(H,25,27,28). The van der Waals surface area contributed by atoms with Crippen molar-refractivity contribution < 1.29 is 18.0 Å². The number of hydrogen-bond donors (Lipinski definition) is 1. The molecule has 2 aromatic heterocycles. The van der Waals surface area contributed by atoms with E-state index in [1.165, 1.54) is 6.07 Å². The SMILES string of the molecule is Cc1cccc(NC(=O)c2cc3ccccc3oc2=Nc2ccc(F)cc2F)n1. The average molecular weight is 391 g/mol. The van der Waals surface area contributed by atoms with Crippen LogP contribution in [0, 0.1) is 18.6 Å². The Balaban J connectivity index is 1.86. The van der Waals surface area contributed by atoms with Crippen LogP contribution in [0.2, 0.25) is 0 Å². The molecule has 5 nitrogen and oxygen atoms in total. The second kappa shape index (κ2) is 7.63. The number of rotatable bonds is 3. The molecule has 0 spiro atoms. The quantitative estimate of drug-likeness (QED) is 0.540. The highest BCUT2D eigenvalue weighted by molar-refractivity contribution is 6.04. The van der Waals surface area contributed by atoms with E-state index in [-0.39, 0.29) is 16.8 Å². The van der Waals surface area contributed by atoms with Gasteiger partial charge in [-0.25, -0.2) is 18.8 Å². The van der Waals surface area contributed by atoms with Crippen LogP contribution in [0.3, 0.4) is 0 Å². The van der Waals surface area contributed by atoms with Gasteiger partial charge in [0.15, 0.2) is 5.82 Å². The molecule has 0 aliphatic heterocycles. The third kappa shape index (κ3) is 4.03. The van der Waals surface area contributed by atoms with Gasteiger partial charge >= 0.3 is 0 Å². The van der Waals surface area contributed by atoms with E-state index in [1.54, 1.807) is 55.5 Å². The minimum atomic E-state index is -0.861. The summed E-state index contributed by atoms with van der Waals surface area (Å²) in [5, 5.41) is 3.36. The van der Waals surface area contributed by atoms with Gasteiger partial charge in [0.2, 0.25) is 5.55 Å². The molecule has 0 fully saturated rings. The summed E-state index contributed by atoms with van der Waals surface area (Å²) in [6, 6.07) is 16.9. The third-order valence-electron chi connectivity index (χ3n) is 4.16. The summed E-state index contributed by atoms with van der Waals surface area (Å²) in [4.78, 5) is 21.3. The van der Waals surface area contributed by atoms with Crippen LogP contribution in [-0.2, 0) is 0 Å². The van der Waals surface area contributed by atoms with Gasteiger partial charge in [-0.15, -0.1) is 0 Å². The van der Waals surface area contributed by atoms with Gasteiger partial charge in [0.1, 0.15) is 28.5 Å². The van der Waals surface area contributed by atoms with Crippen molar-refractivity contribution in [2.24, 2.45) is 4.99 Å². The Hall–Kier alpha value is -3.87. The van der Waals surface area contributed by atoms with E-state index in [2.05, 4.69) is 15.3 Å². The van der Waals surface area contributed by atoms with Crippen molar-refractivity contribution in [3.8, 4) is 0 Å². The van der Waals surface area contributed by atoms with Gasteiger partial charge in [0.05, 0.1) is 0 Å². The molecule has 2 aromatic carbocycles. The fourth-order valence-electron chi connectivity index (χ4n) is 2.79. The van der Waals surface area contributed by atoms with E-state index in [4.69, 9.17) is 4.42 Å². The highest BCUT2D eigenvalue weighted by Gasteiger charge is 2.14. The molecule has 0 saturated heterocycles. The van der Waals surface area contributed by atoms with Crippen LogP contribution >= 0.6 is 0 Å². The third-order valence-corrected chi connectivity index (χ3v) is 4.16. The van der Waals surface area contributed by atoms with Gasteiger partial charge in [-0.1, -0.05) is 24.3 Å². The molecular formula is C22H15F2N3O2. The van der Waals surface area contributed by atoms with Crippen LogP contribution < -0.4 is 10.9 Å². The number of anilines is 1. The molecule has 2 heterocycles. The number of para-hydroxylation sites is 1. The number of nitrogens with zero attached hydrogens (tertiary/aromatic N) is 2. The Bertz CT molecular complexity index is 1300. The molecule has 0 atom stereocenters. The molecule has 0 aliphatic carbocycles. The van der Waals surface area contributed by atoms with Crippen LogP contribution in [0.5, 0.6) is 0 Å². The molecule has 1 N–H and O–H groups in total. The zero-order valence-corrected chi connectivity index (χ0v) is 15.3. The average Bonchev–Trinajstić information content (AvgIpc) is 2.69. The monoisotopic (exact) mass is 391 g/mol. The van der Waals surface area contributed by atoms with Crippen LogP contribution in [-0.4, -0.2) is 10.9 Å². The summed E-state index contributed by atoms with van der Waals surface area (Å²) in [6.07, 6.45) is 0.